The first kappa shape index (κ1) is 16.8. The lowest BCUT2D eigenvalue weighted by Crippen LogP contribution is -2.43. The molecule has 3 N–H and O–H groups in total. The fraction of sp³-hybridized carbons (Fsp3) is 0.333. The Morgan fingerprint density at radius 3 is 2.96 bits per heavy atom. The highest BCUT2D eigenvalue weighted by Gasteiger charge is 2.28. The summed E-state index contributed by atoms with van der Waals surface area (Å²) >= 11 is 0. The van der Waals surface area contributed by atoms with E-state index in [1.54, 1.807) is 6.07 Å². The second-order valence-corrected chi connectivity index (χ2v) is 6.84. The molecule has 5 nitrogen and oxygen atoms in total. The van der Waals surface area contributed by atoms with Crippen LogP contribution in [0, 0.1) is 0 Å². The van der Waals surface area contributed by atoms with Crippen LogP contribution in [0.2, 0.25) is 0 Å². The highest BCUT2D eigenvalue weighted by Crippen LogP contribution is 2.31. The SMILES string of the molecule is Oc1ccc2c(c1)CC(N1CNC=C1CCNCc1ccccc1)CO2. The van der Waals surface area contributed by atoms with E-state index < -0.39 is 0 Å². The molecule has 136 valence electrons. The Balaban J connectivity index is 1.31. The van der Waals surface area contributed by atoms with Crippen LogP contribution in [-0.4, -0.2) is 35.9 Å². The summed E-state index contributed by atoms with van der Waals surface area (Å²) < 4.78 is 5.91. The summed E-state index contributed by atoms with van der Waals surface area (Å²) in [4.78, 5) is 2.39. The Kier molecular flexibility index (Phi) is 4.97. The zero-order valence-corrected chi connectivity index (χ0v) is 14.8. The van der Waals surface area contributed by atoms with Crippen molar-refractivity contribution in [1.29, 1.82) is 0 Å². The van der Waals surface area contributed by atoms with E-state index in [2.05, 4.69) is 46.0 Å². The molecule has 0 aromatic heterocycles. The maximum Gasteiger partial charge on any atom is 0.122 e. The number of hydrogen-bond donors (Lipinski definition) is 3. The zero-order chi connectivity index (χ0) is 17.8. The van der Waals surface area contributed by atoms with Crippen molar-refractivity contribution in [3.8, 4) is 11.5 Å². The Bertz CT molecular complexity index is 776. The first-order valence-corrected chi connectivity index (χ1v) is 9.18. The largest absolute Gasteiger partial charge is 0.508 e. The van der Waals surface area contributed by atoms with Crippen LogP contribution in [-0.2, 0) is 13.0 Å². The van der Waals surface area contributed by atoms with Gasteiger partial charge in [-0.25, -0.2) is 0 Å². The van der Waals surface area contributed by atoms with E-state index in [4.69, 9.17) is 4.74 Å². The number of aromatic hydroxyl groups is 1. The Morgan fingerprint density at radius 2 is 2.08 bits per heavy atom. The Labute approximate surface area is 154 Å². The minimum atomic E-state index is 0.291. The van der Waals surface area contributed by atoms with Gasteiger partial charge >= 0.3 is 0 Å². The summed E-state index contributed by atoms with van der Waals surface area (Å²) in [6.45, 7) is 3.31. The van der Waals surface area contributed by atoms with Crippen LogP contribution in [0.5, 0.6) is 11.5 Å². The number of hydrogen-bond acceptors (Lipinski definition) is 5. The van der Waals surface area contributed by atoms with Gasteiger partial charge < -0.3 is 25.4 Å². The van der Waals surface area contributed by atoms with Gasteiger partial charge in [-0.15, -0.1) is 0 Å². The third-order valence-corrected chi connectivity index (χ3v) is 5.00. The lowest BCUT2D eigenvalue weighted by molar-refractivity contribution is 0.151. The van der Waals surface area contributed by atoms with E-state index in [0.29, 0.717) is 18.4 Å². The van der Waals surface area contributed by atoms with Crippen molar-refractivity contribution in [3.63, 3.8) is 0 Å². The van der Waals surface area contributed by atoms with E-state index in [0.717, 1.165) is 43.9 Å². The van der Waals surface area contributed by atoms with Crippen molar-refractivity contribution in [2.75, 3.05) is 19.8 Å². The minimum absolute atomic E-state index is 0.291. The molecule has 0 aliphatic carbocycles. The molecule has 26 heavy (non-hydrogen) atoms. The molecular weight excluding hydrogens is 326 g/mol. The molecule has 0 saturated carbocycles. The molecule has 0 spiro atoms. The zero-order valence-electron chi connectivity index (χ0n) is 14.8. The summed E-state index contributed by atoms with van der Waals surface area (Å²) in [5.74, 6) is 1.19. The molecule has 1 atom stereocenters. The first-order chi connectivity index (χ1) is 12.8. The van der Waals surface area contributed by atoms with Crippen LogP contribution >= 0.6 is 0 Å². The summed E-state index contributed by atoms with van der Waals surface area (Å²) in [6, 6.07) is 16.1. The summed E-state index contributed by atoms with van der Waals surface area (Å²) in [5.41, 5.74) is 3.69. The fourth-order valence-electron chi connectivity index (χ4n) is 3.64. The number of ether oxygens (including phenoxy) is 1. The number of phenolic OH excluding ortho intramolecular Hbond substituents is 1. The van der Waals surface area contributed by atoms with E-state index in [-0.39, 0.29) is 0 Å². The molecule has 0 saturated heterocycles. The second kappa shape index (κ2) is 7.70. The lowest BCUT2D eigenvalue weighted by Gasteiger charge is -2.35. The van der Waals surface area contributed by atoms with Gasteiger partial charge in [0.15, 0.2) is 0 Å². The maximum atomic E-state index is 9.73. The summed E-state index contributed by atoms with van der Waals surface area (Å²) in [5, 5.41) is 16.6. The first-order valence-electron chi connectivity index (χ1n) is 9.18. The second-order valence-electron chi connectivity index (χ2n) is 6.84. The van der Waals surface area contributed by atoms with Gasteiger partial charge in [0.05, 0.1) is 12.7 Å². The molecule has 2 aliphatic rings. The van der Waals surface area contributed by atoms with E-state index in [1.165, 1.54) is 11.3 Å². The lowest BCUT2D eigenvalue weighted by atomic mass is 10.0. The van der Waals surface area contributed by atoms with Crippen LogP contribution in [0.1, 0.15) is 17.5 Å². The predicted molar refractivity (Wildman–Crippen MR) is 102 cm³/mol. The van der Waals surface area contributed by atoms with Crippen molar-refractivity contribution < 1.29 is 9.84 Å². The van der Waals surface area contributed by atoms with Gasteiger partial charge in [-0.2, -0.15) is 0 Å². The minimum Gasteiger partial charge on any atom is -0.508 e. The Morgan fingerprint density at radius 1 is 1.19 bits per heavy atom. The maximum absolute atomic E-state index is 9.73. The normalized spacial score (nSPS) is 18.7. The van der Waals surface area contributed by atoms with Crippen molar-refractivity contribution in [2.45, 2.75) is 25.4 Å². The molecule has 2 aromatic carbocycles. The summed E-state index contributed by atoms with van der Waals surface area (Å²) in [6.07, 6.45) is 3.98. The molecule has 5 heteroatoms. The third kappa shape index (κ3) is 3.78. The van der Waals surface area contributed by atoms with Crippen molar-refractivity contribution in [2.24, 2.45) is 0 Å². The van der Waals surface area contributed by atoms with Crippen molar-refractivity contribution in [1.82, 2.24) is 15.5 Å². The van der Waals surface area contributed by atoms with Gasteiger partial charge in [-0.05, 0) is 35.7 Å². The van der Waals surface area contributed by atoms with Crippen molar-refractivity contribution >= 4 is 0 Å². The highest BCUT2D eigenvalue weighted by molar-refractivity contribution is 5.41. The number of phenols is 1. The molecule has 2 aromatic rings. The predicted octanol–water partition coefficient (Wildman–Crippen LogP) is 2.58. The highest BCUT2D eigenvalue weighted by atomic mass is 16.5. The van der Waals surface area contributed by atoms with Crippen LogP contribution < -0.4 is 15.4 Å². The molecule has 0 amide bonds. The van der Waals surface area contributed by atoms with Crippen LogP contribution in [0.3, 0.4) is 0 Å². The molecular formula is C21H25N3O2. The molecule has 2 aliphatic heterocycles. The van der Waals surface area contributed by atoms with Gasteiger partial charge in [0.25, 0.3) is 0 Å². The van der Waals surface area contributed by atoms with Crippen LogP contribution in [0.4, 0.5) is 0 Å². The molecule has 0 radical (unpaired) electrons. The van der Waals surface area contributed by atoms with Crippen molar-refractivity contribution in [3.05, 3.63) is 71.6 Å². The fourth-order valence-corrected chi connectivity index (χ4v) is 3.64. The average molecular weight is 351 g/mol. The number of fused-ring (bicyclic) bond motifs is 1. The van der Waals surface area contributed by atoms with E-state index in [1.807, 2.05) is 18.2 Å². The number of nitrogens with one attached hydrogen (secondary N) is 2. The quantitative estimate of drug-likeness (QED) is 0.699. The molecule has 4 rings (SSSR count). The van der Waals surface area contributed by atoms with Crippen LogP contribution in [0.15, 0.2) is 60.4 Å². The van der Waals surface area contributed by atoms with Gasteiger partial charge in [0.2, 0.25) is 0 Å². The van der Waals surface area contributed by atoms with Gasteiger partial charge in [-0.3, -0.25) is 0 Å². The van der Waals surface area contributed by atoms with Crippen LogP contribution in [0.25, 0.3) is 0 Å². The number of nitrogens with zero attached hydrogens (tertiary/aromatic N) is 1. The van der Waals surface area contributed by atoms with E-state index >= 15 is 0 Å². The molecule has 1 unspecified atom stereocenters. The topological polar surface area (TPSA) is 56.8 Å². The van der Waals surface area contributed by atoms with E-state index in [9.17, 15) is 5.11 Å². The van der Waals surface area contributed by atoms with Gasteiger partial charge in [-0.1, -0.05) is 30.3 Å². The number of benzene rings is 2. The molecule has 0 fully saturated rings. The standard InChI is InChI=1S/C21H25N3O2/c25-20-6-7-21-17(11-20)10-19(14-26-21)24-15-23-13-18(24)8-9-22-12-16-4-2-1-3-5-16/h1-7,11,13,19,22-23,25H,8-10,12,14-15H2. The van der Waals surface area contributed by atoms with Gasteiger partial charge in [0, 0.05) is 31.4 Å². The summed E-state index contributed by atoms with van der Waals surface area (Å²) in [7, 11) is 0. The smallest absolute Gasteiger partial charge is 0.122 e. The average Bonchev–Trinajstić information content (AvgIpc) is 3.14. The van der Waals surface area contributed by atoms with Gasteiger partial charge in [0.1, 0.15) is 18.1 Å². The Hall–Kier alpha value is -2.66. The molecule has 2 heterocycles. The number of rotatable bonds is 6. The third-order valence-electron chi connectivity index (χ3n) is 5.00. The monoisotopic (exact) mass is 351 g/mol. The molecule has 0 bridgehead atoms.